The molecule has 1 aromatic heterocycles. The molecule has 0 bridgehead atoms. The average Bonchev–Trinajstić information content (AvgIpc) is 2.97. The molecule has 2 rings (SSSR count). The normalized spacial score (nSPS) is 10.8. The van der Waals surface area contributed by atoms with Gasteiger partial charge in [0.05, 0.1) is 0 Å². The maximum Gasteiger partial charge on any atom is 0.253 e. The first-order chi connectivity index (χ1) is 11.6. The molecule has 1 N–H and O–H groups in total. The van der Waals surface area contributed by atoms with Crippen molar-refractivity contribution in [3.8, 4) is 0 Å². The molecule has 6 heteroatoms. The highest BCUT2D eigenvalue weighted by molar-refractivity contribution is 5.97. The number of nitrogens with one attached hydrogen (secondary N) is 1. The minimum absolute atomic E-state index is 0.0243. The topological polar surface area (TPSA) is 75.4 Å². The molecule has 1 aromatic carbocycles. The first kappa shape index (κ1) is 18.0. The van der Waals surface area contributed by atoms with Crippen LogP contribution in [0.15, 0.2) is 22.6 Å². The lowest BCUT2D eigenvalue weighted by Gasteiger charge is -2.18. The second-order valence-electron chi connectivity index (χ2n) is 5.65. The van der Waals surface area contributed by atoms with E-state index < -0.39 is 0 Å². The van der Waals surface area contributed by atoms with E-state index in [1.807, 2.05) is 13.8 Å². The van der Waals surface area contributed by atoms with Crippen molar-refractivity contribution in [3.63, 3.8) is 0 Å². The number of carbonyl (C=O) groups excluding carboxylic acids is 2. The van der Waals surface area contributed by atoms with E-state index in [2.05, 4.69) is 17.2 Å². The van der Waals surface area contributed by atoms with E-state index in [1.54, 1.807) is 23.1 Å². The van der Waals surface area contributed by atoms with Crippen molar-refractivity contribution in [3.05, 3.63) is 29.7 Å². The molecule has 2 amide bonds. The lowest BCUT2D eigenvalue weighted by atomic mass is 10.2. The molecule has 0 spiro atoms. The number of unbranched alkanes of at least 4 members (excludes halogenated alkanes) is 1. The maximum absolute atomic E-state index is 12.4. The highest BCUT2D eigenvalue weighted by Gasteiger charge is 2.15. The van der Waals surface area contributed by atoms with Crippen LogP contribution < -0.4 is 5.32 Å². The van der Waals surface area contributed by atoms with Crippen LogP contribution in [0, 0.1) is 0 Å². The zero-order chi connectivity index (χ0) is 17.5. The highest BCUT2D eigenvalue weighted by Crippen LogP contribution is 2.18. The Balaban J connectivity index is 2.11. The van der Waals surface area contributed by atoms with Gasteiger partial charge in [0.15, 0.2) is 5.58 Å². The molecule has 0 aliphatic rings. The maximum atomic E-state index is 12.4. The van der Waals surface area contributed by atoms with Gasteiger partial charge in [-0.15, -0.1) is 0 Å². The molecule has 24 heavy (non-hydrogen) atoms. The number of fused-ring (bicyclic) bond motifs is 1. The van der Waals surface area contributed by atoms with Crippen molar-refractivity contribution in [1.82, 2.24) is 15.2 Å². The average molecular weight is 331 g/mol. The molecule has 2 aromatic rings. The summed E-state index contributed by atoms with van der Waals surface area (Å²) < 4.78 is 5.60. The summed E-state index contributed by atoms with van der Waals surface area (Å²) in [6, 6.07) is 5.19. The van der Waals surface area contributed by atoms with Crippen LogP contribution in [-0.2, 0) is 11.2 Å². The lowest BCUT2D eigenvalue weighted by molar-refractivity contribution is -0.120. The van der Waals surface area contributed by atoms with Crippen molar-refractivity contribution in [1.29, 1.82) is 0 Å². The van der Waals surface area contributed by atoms with Gasteiger partial charge < -0.3 is 14.6 Å². The van der Waals surface area contributed by atoms with Crippen LogP contribution in [0.3, 0.4) is 0 Å². The summed E-state index contributed by atoms with van der Waals surface area (Å²) in [5.41, 5.74) is 1.77. The van der Waals surface area contributed by atoms with Crippen LogP contribution in [0.25, 0.3) is 11.1 Å². The zero-order valence-corrected chi connectivity index (χ0v) is 14.6. The van der Waals surface area contributed by atoms with Crippen molar-refractivity contribution in [2.75, 3.05) is 19.6 Å². The Labute approximate surface area is 142 Å². The van der Waals surface area contributed by atoms with Crippen LogP contribution in [0.4, 0.5) is 0 Å². The van der Waals surface area contributed by atoms with Crippen LogP contribution in [0.2, 0.25) is 0 Å². The second kappa shape index (κ2) is 8.47. The van der Waals surface area contributed by atoms with Crippen molar-refractivity contribution >= 4 is 22.9 Å². The summed E-state index contributed by atoms with van der Waals surface area (Å²) in [6.07, 6.45) is 2.10. The van der Waals surface area contributed by atoms with Crippen LogP contribution in [0.1, 0.15) is 49.9 Å². The molecule has 1 heterocycles. The molecule has 0 radical (unpaired) electrons. The SMILES string of the molecule is CCCCNC(=O)Cc1nc2cc(C(=O)N(CC)CC)ccc2o1. The van der Waals surface area contributed by atoms with E-state index in [4.69, 9.17) is 4.42 Å². The summed E-state index contributed by atoms with van der Waals surface area (Å²) in [6.45, 7) is 7.96. The van der Waals surface area contributed by atoms with Crippen LogP contribution >= 0.6 is 0 Å². The summed E-state index contributed by atoms with van der Waals surface area (Å²) in [4.78, 5) is 30.3. The number of nitrogens with zero attached hydrogens (tertiary/aromatic N) is 2. The van der Waals surface area contributed by atoms with Crippen molar-refractivity contribution in [2.24, 2.45) is 0 Å². The molecule has 0 aliphatic heterocycles. The number of rotatable bonds is 8. The Morgan fingerprint density at radius 3 is 2.62 bits per heavy atom. The number of oxazole rings is 1. The number of amides is 2. The minimum Gasteiger partial charge on any atom is -0.440 e. The molecule has 0 unspecified atom stereocenters. The molecule has 0 saturated heterocycles. The minimum atomic E-state index is -0.102. The van der Waals surface area contributed by atoms with Crippen LogP contribution in [-0.4, -0.2) is 41.3 Å². The third-order valence-electron chi connectivity index (χ3n) is 3.89. The second-order valence-corrected chi connectivity index (χ2v) is 5.65. The van der Waals surface area contributed by atoms with Crippen LogP contribution in [0.5, 0.6) is 0 Å². The lowest BCUT2D eigenvalue weighted by Crippen LogP contribution is -2.30. The standard InChI is InChI=1S/C18H25N3O3/c1-4-7-10-19-16(22)12-17-20-14-11-13(8-9-15(14)24-17)18(23)21(5-2)6-3/h8-9,11H,4-7,10,12H2,1-3H3,(H,19,22). The summed E-state index contributed by atoms with van der Waals surface area (Å²) in [5, 5.41) is 2.84. The van der Waals surface area contributed by atoms with E-state index in [0.717, 1.165) is 12.8 Å². The predicted molar refractivity (Wildman–Crippen MR) is 92.9 cm³/mol. The Hall–Kier alpha value is -2.37. The summed E-state index contributed by atoms with van der Waals surface area (Å²) in [5.74, 6) is 0.240. The summed E-state index contributed by atoms with van der Waals surface area (Å²) >= 11 is 0. The number of hydrogen-bond acceptors (Lipinski definition) is 4. The first-order valence-electron chi connectivity index (χ1n) is 8.54. The molecule has 0 aliphatic carbocycles. The van der Waals surface area contributed by atoms with Gasteiger partial charge in [-0.1, -0.05) is 13.3 Å². The third-order valence-corrected chi connectivity index (χ3v) is 3.89. The Bertz CT molecular complexity index is 705. The van der Waals surface area contributed by atoms with Crippen molar-refractivity contribution in [2.45, 2.75) is 40.0 Å². The predicted octanol–water partition coefficient (Wildman–Crippen LogP) is 2.77. The van der Waals surface area contributed by atoms with E-state index in [-0.39, 0.29) is 18.2 Å². The van der Waals surface area contributed by atoms with Gasteiger partial charge in [-0.3, -0.25) is 9.59 Å². The zero-order valence-electron chi connectivity index (χ0n) is 14.6. The van der Waals surface area contributed by atoms with Gasteiger partial charge in [0.1, 0.15) is 11.9 Å². The van der Waals surface area contributed by atoms with Crippen molar-refractivity contribution < 1.29 is 14.0 Å². The first-order valence-corrected chi connectivity index (χ1v) is 8.54. The fraction of sp³-hybridized carbons (Fsp3) is 0.500. The van der Waals surface area contributed by atoms with Gasteiger partial charge in [-0.25, -0.2) is 4.98 Å². The van der Waals surface area contributed by atoms with E-state index in [9.17, 15) is 9.59 Å². The van der Waals surface area contributed by atoms with Gasteiger partial charge in [0.25, 0.3) is 5.91 Å². The third kappa shape index (κ3) is 4.34. The molecule has 0 atom stereocenters. The quantitative estimate of drug-likeness (QED) is 0.755. The van der Waals surface area contributed by atoms with Gasteiger partial charge in [-0.2, -0.15) is 0 Å². The highest BCUT2D eigenvalue weighted by atomic mass is 16.3. The number of carbonyl (C=O) groups is 2. The molecule has 0 fully saturated rings. The van der Waals surface area contributed by atoms with E-state index in [0.29, 0.717) is 42.2 Å². The Morgan fingerprint density at radius 2 is 1.96 bits per heavy atom. The van der Waals surface area contributed by atoms with E-state index in [1.165, 1.54) is 0 Å². The monoisotopic (exact) mass is 331 g/mol. The van der Waals surface area contributed by atoms with E-state index >= 15 is 0 Å². The Kier molecular flexibility index (Phi) is 6.35. The van der Waals surface area contributed by atoms with Gasteiger partial charge in [0.2, 0.25) is 11.8 Å². The molecule has 6 nitrogen and oxygen atoms in total. The number of aromatic nitrogens is 1. The number of benzene rings is 1. The molecule has 130 valence electrons. The fourth-order valence-corrected chi connectivity index (χ4v) is 2.48. The molecular formula is C18H25N3O3. The largest absolute Gasteiger partial charge is 0.440 e. The Morgan fingerprint density at radius 1 is 1.21 bits per heavy atom. The summed E-state index contributed by atoms with van der Waals surface area (Å²) in [7, 11) is 0. The number of hydrogen-bond donors (Lipinski definition) is 1. The fourth-order valence-electron chi connectivity index (χ4n) is 2.48. The molecule has 0 saturated carbocycles. The smallest absolute Gasteiger partial charge is 0.253 e. The van der Waals surface area contributed by atoms with Gasteiger partial charge in [-0.05, 0) is 38.5 Å². The molecular weight excluding hydrogens is 306 g/mol. The van der Waals surface area contributed by atoms with Gasteiger partial charge in [0, 0.05) is 25.2 Å². The van der Waals surface area contributed by atoms with Gasteiger partial charge >= 0.3 is 0 Å².